The van der Waals surface area contributed by atoms with Gasteiger partial charge in [-0.1, -0.05) is 0 Å². The van der Waals surface area contributed by atoms with Crippen LogP contribution in [0.25, 0.3) is 0 Å². The highest BCUT2D eigenvalue weighted by molar-refractivity contribution is 9.10. The molecule has 2 aliphatic rings. The minimum atomic E-state index is -0.175. The number of carbonyl (C=O) groups is 1. The fourth-order valence-corrected chi connectivity index (χ4v) is 3.92. The van der Waals surface area contributed by atoms with E-state index in [1.807, 2.05) is 25.1 Å². The molecular weight excluding hydrogens is 346 g/mol. The first kappa shape index (κ1) is 15.6. The number of urea groups is 1. The lowest BCUT2D eigenvalue weighted by molar-refractivity contribution is 0.240. The lowest BCUT2D eigenvalue weighted by Gasteiger charge is -2.29. The van der Waals surface area contributed by atoms with Crippen LogP contribution in [0.2, 0.25) is 0 Å². The molecule has 7 heteroatoms. The minimum Gasteiger partial charge on any atom is -0.377 e. The van der Waals surface area contributed by atoms with E-state index in [1.54, 1.807) is 6.20 Å². The summed E-state index contributed by atoms with van der Waals surface area (Å²) in [6, 6.07) is 3.06. The number of halogens is 1. The lowest BCUT2D eigenvalue weighted by Crippen LogP contribution is -2.49. The largest absolute Gasteiger partial charge is 0.377 e. The molecule has 2 amide bonds. The average Bonchev–Trinajstić information content (AvgIpc) is 2.79. The first-order chi connectivity index (χ1) is 10.5. The quantitative estimate of drug-likeness (QED) is 0.766. The number of piperidine rings is 1. The van der Waals surface area contributed by atoms with E-state index < -0.39 is 0 Å². The van der Waals surface area contributed by atoms with Crippen molar-refractivity contribution in [3.63, 3.8) is 0 Å². The fraction of sp³-hybridized carbons (Fsp3) is 0.600. The summed E-state index contributed by atoms with van der Waals surface area (Å²) in [6.45, 7) is 0. The standard InChI is InChI=1S/C15H22BrN5O/c1-21(2)13-7-14(17-8-12(13)16)20-15(22)19-11-5-9-3-4-10(6-11)18-9/h7-11,18H,3-6H2,1-2H3,(H2,17,19,20,22). The molecule has 6 nitrogen and oxygen atoms in total. The predicted octanol–water partition coefficient (Wildman–Crippen LogP) is 2.31. The Labute approximate surface area is 139 Å². The predicted molar refractivity (Wildman–Crippen MR) is 91.4 cm³/mol. The number of amides is 2. The molecule has 0 radical (unpaired) electrons. The second kappa shape index (κ2) is 6.42. The molecule has 1 aromatic heterocycles. The minimum absolute atomic E-state index is 0.175. The summed E-state index contributed by atoms with van der Waals surface area (Å²) >= 11 is 3.46. The Kier molecular flexibility index (Phi) is 4.54. The van der Waals surface area contributed by atoms with E-state index in [0.29, 0.717) is 17.9 Å². The van der Waals surface area contributed by atoms with Crippen molar-refractivity contribution in [3.8, 4) is 0 Å². The zero-order valence-corrected chi connectivity index (χ0v) is 14.5. The maximum absolute atomic E-state index is 12.2. The monoisotopic (exact) mass is 367 g/mol. The van der Waals surface area contributed by atoms with Crippen LogP contribution in [-0.2, 0) is 0 Å². The molecule has 1 aromatic rings. The molecule has 3 heterocycles. The third kappa shape index (κ3) is 3.52. The highest BCUT2D eigenvalue weighted by Gasteiger charge is 2.33. The topological polar surface area (TPSA) is 69.3 Å². The molecule has 2 saturated heterocycles. The van der Waals surface area contributed by atoms with E-state index in [-0.39, 0.29) is 12.1 Å². The Hall–Kier alpha value is -1.34. The number of hydrogen-bond donors (Lipinski definition) is 3. The van der Waals surface area contributed by atoms with Crippen molar-refractivity contribution in [2.75, 3.05) is 24.3 Å². The van der Waals surface area contributed by atoms with Gasteiger partial charge in [0, 0.05) is 44.5 Å². The maximum atomic E-state index is 12.2. The van der Waals surface area contributed by atoms with Crippen LogP contribution in [0.5, 0.6) is 0 Å². The van der Waals surface area contributed by atoms with Gasteiger partial charge in [-0.15, -0.1) is 0 Å². The summed E-state index contributed by atoms with van der Waals surface area (Å²) < 4.78 is 0.901. The molecule has 2 fully saturated rings. The normalized spacial score (nSPS) is 26.6. The fourth-order valence-electron chi connectivity index (χ4n) is 3.35. The second-order valence-corrected chi connectivity index (χ2v) is 7.17. The molecule has 2 aliphatic heterocycles. The Morgan fingerprint density at radius 2 is 2.05 bits per heavy atom. The Balaban J connectivity index is 1.59. The molecule has 0 aliphatic carbocycles. The van der Waals surface area contributed by atoms with E-state index in [2.05, 4.69) is 36.9 Å². The van der Waals surface area contributed by atoms with E-state index in [4.69, 9.17) is 0 Å². The van der Waals surface area contributed by atoms with Gasteiger partial charge < -0.3 is 15.5 Å². The highest BCUT2D eigenvalue weighted by atomic mass is 79.9. The van der Waals surface area contributed by atoms with Crippen molar-refractivity contribution in [1.82, 2.24) is 15.6 Å². The number of pyridine rings is 1. The van der Waals surface area contributed by atoms with Crippen LogP contribution in [-0.4, -0.2) is 43.2 Å². The van der Waals surface area contributed by atoms with Crippen molar-refractivity contribution in [2.24, 2.45) is 0 Å². The lowest BCUT2D eigenvalue weighted by atomic mass is 10.0. The summed E-state index contributed by atoms with van der Waals surface area (Å²) in [7, 11) is 3.91. The average molecular weight is 368 g/mol. The van der Waals surface area contributed by atoms with Gasteiger partial charge in [-0.05, 0) is 41.6 Å². The molecule has 3 N–H and O–H groups in total. The zero-order chi connectivity index (χ0) is 15.7. The van der Waals surface area contributed by atoms with E-state index in [0.717, 1.165) is 23.0 Å². The smallest absolute Gasteiger partial charge is 0.320 e. The summed E-state index contributed by atoms with van der Waals surface area (Å²) in [6.07, 6.45) is 6.19. The molecule has 22 heavy (non-hydrogen) atoms. The van der Waals surface area contributed by atoms with Gasteiger partial charge in [-0.2, -0.15) is 0 Å². The highest BCUT2D eigenvalue weighted by Crippen LogP contribution is 2.27. The molecule has 3 rings (SSSR count). The van der Waals surface area contributed by atoms with Crippen LogP contribution in [0.3, 0.4) is 0 Å². The summed E-state index contributed by atoms with van der Waals surface area (Å²) in [5.74, 6) is 0.557. The van der Waals surface area contributed by atoms with Gasteiger partial charge >= 0.3 is 6.03 Å². The maximum Gasteiger partial charge on any atom is 0.320 e. The molecule has 0 saturated carbocycles. The van der Waals surface area contributed by atoms with Gasteiger partial charge in [0.1, 0.15) is 5.82 Å². The van der Waals surface area contributed by atoms with Crippen molar-refractivity contribution in [1.29, 1.82) is 0 Å². The number of fused-ring (bicyclic) bond motifs is 2. The SMILES string of the molecule is CN(C)c1cc(NC(=O)NC2CC3CCC(C2)N3)ncc1Br. The molecule has 2 atom stereocenters. The summed E-state index contributed by atoms with van der Waals surface area (Å²) in [5.41, 5.74) is 0.977. The molecule has 2 unspecified atom stereocenters. The van der Waals surface area contributed by atoms with Gasteiger partial charge in [0.15, 0.2) is 0 Å². The van der Waals surface area contributed by atoms with Crippen molar-refractivity contribution >= 4 is 33.5 Å². The number of aromatic nitrogens is 1. The van der Waals surface area contributed by atoms with E-state index >= 15 is 0 Å². The van der Waals surface area contributed by atoms with Crippen LogP contribution in [0, 0.1) is 0 Å². The third-order valence-electron chi connectivity index (χ3n) is 4.37. The first-order valence-corrected chi connectivity index (χ1v) is 8.47. The molecular formula is C15H22BrN5O. The number of nitrogens with one attached hydrogen (secondary N) is 3. The molecule has 0 spiro atoms. The van der Waals surface area contributed by atoms with E-state index in [9.17, 15) is 4.79 Å². The number of rotatable bonds is 3. The van der Waals surface area contributed by atoms with Crippen LogP contribution in [0.4, 0.5) is 16.3 Å². The number of carbonyl (C=O) groups excluding carboxylic acids is 1. The van der Waals surface area contributed by atoms with Crippen LogP contribution < -0.4 is 20.9 Å². The van der Waals surface area contributed by atoms with Crippen molar-refractivity contribution in [3.05, 3.63) is 16.7 Å². The van der Waals surface area contributed by atoms with E-state index in [1.165, 1.54) is 12.8 Å². The van der Waals surface area contributed by atoms with Gasteiger partial charge in [0.2, 0.25) is 0 Å². The number of nitrogens with zero attached hydrogens (tertiary/aromatic N) is 2. The van der Waals surface area contributed by atoms with Gasteiger partial charge in [-0.3, -0.25) is 5.32 Å². The van der Waals surface area contributed by atoms with Crippen LogP contribution >= 0.6 is 15.9 Å². The van der Waals surface area contributed by atoms with Gasteiger partial charge in [0.25, 0.3) is 0 Å². The van der Waals surface area contributed by atoms with Crippen molar-refractivity contribution in [2.45, 2.75) is 43.8 Å². The third-order valence-corrected chi connectivity index (χ3v) is 4.98. The summed E-state index contributed by atoms with van der Waals surface area (Å²) in [5, 5.41) is 9.48. The van der Waals surface area contributed by atoms with Crippen LogP contribution in [0.1, 0.15) is 25.7 Å². The van der Waals surface area contributed by atoms with Crippen molar-refractivity contribution < 1.29 is 4.79 Å². The summed E-state index contributed by atoms with van der Waals surface area (Å²) in [4.78, 5) is 18.4. The van der Waals surface area contributed by atoms with Crippen LogP contribution in [0.15, 0.2) is 16.7 Å². The second-order valence-electron chi connectivity index (χ2n) is 6.32. The zero-order valence-electron chi connectivity index (χ0n) is 12.9. The first-order valence-electron chi connectivity index (χ1n) is 7.67. The molecule has 0 aromatic carbocycles. The number of anilines is 2. The van der Waals surface area contributed by atoms with Gasteiger partial charge in [-0.25, -0.2) is 9.78 Å². The number of hydrogen-bond acceptors (Lipinski definition) is 4. The Morgan fingerprint density at radius 3 is 2.68 bits per heavy atom. The Morgan fingerprint density at radius 1 is 1.36 bits per heavy atom. The molecule has 120 valence electrons. The van der Waals surface area contributed by atoms with Gasteiger partial charge in [0.05, 0.1) is 10.2 Å². The molecule has 2 bridgehead atoms. The Bertz CT molecular complexity index is 553.